The summed E-state index contributed by atoms with van der Waals surface area (Å²) in [4.78, 5) is 13.3. The highest BCUT2D eigenvalue weighted by molar-refractivity contribution is 9.10. The van der Waals surface area contributed by atoms with Crippen LogP contribution in [0.3, 0.4) is 0 Å². The lowest BCUT2D eigenvalue weighted by molar-refractivity contribution is -0.921. The van der Waals surface area contributed by atoms with E-state index in [0.717, 1.165) is 36.9 Å². The zero-order valence-electron chi connectivity index (χ0n) is 11.3. The molecule has 0 aliphatic carbocycles. The van der Waals surface area contributed by atoms with E-state index in [1.54, 1.807) is 0 Å². The first-order chi connectivity index (χ1) is 9.20. The highest BCUT2D eigenvalue weighted by Gasteiger charge is 2.29. The van der Waals surface area contributed by atoms with Crippen molar-refractivity contribution in [2.24, 2.45) is 5.92 Å². The Labute approximate surface area is 123 Å². The van der Waals surface area contributed by atoms with Crippen LogP contribution < -0.4 is 4.90 Å². The van der Waals surface area contributed by atoms with E-state index in [4.69, 9.17) is 4.74 Å². The lowest BCUT2D eigenvalue weighted by Gasteiger charge is -2.28. The third-order valence-electron chi connectivity index (χ3n) is 3.64. The van der Waals surface area contributed by atoms with Gasteiger partial charge in [-0.15, -0.1) is 0 Å². The van der Waals surface area contributed by atoms with Gasteiger partial charge in [0.25, 0.3) is 0 Å². The lowest BCUT2D eigenvalue weighted by Crippen LogP contribution is -3.12. The molecule has 2 atom stereocenters. The summed E-state index contributed by atoms with van der Waals surface area (Å²) >= 11 is 3.59. The first-order valence-corrected chi connectivity index (χ1v) is 7.73. The number of hydrogen-bond acceptors (Lipinski definition) is 2. The van der Waals surface area contributed by atoms with Gasteiger partial charge in [-0.05, 0) is 25.8 Å². The van der Waals surface area contributed by atoms with Gasteiger partial charge in [0.15, 0.2) is 0 Å². The smallest absolute Gasteiger partial charge is 0.314 e. The topological polar surface area (TPSA) is 30.7 Å². The van der Waals surface area contributed by atoms with Gasteiger partial charge in [-0.3, -0.25) is 4.79 Å². The maximum atomic E-state index is 11.8. The molecule has 0 saturated carbocycles. The summed E-state index contributed by atoms with van der Waals surface area (Å²) in [6.45, 7) is 5.34. The number of benzene rings is 1. The zero-order chi connectivity index (χ0) is 13.7. The highest BCUT2D eigenvalue weighted by atomic mass is 79.9. The van der Waals surface area contributed by atoms with Crippen molar-refractivity contribution in [1.29, 1.82) is 0 Å². The van der Waals surface area contributed by atoms with Gasteiger partial charge in [-0.25, -0.2) is 0 Å². The number of rotatable bonds is 4. The lowest BCUT2D eigenvalue weighted by atomic mass is 9.98. The van der Waals surface area contributed by atoms with Gasteiger partial charge >= 0.3 is 5.97 Å². The normalized spacial score (nSPS) is 23.1. The predicted octanol–water partition coefficient (Wildman–Crippen LogP) is 1.81. The monoisotopic (exact) mass is 326 g/mol. The second-order valence-electron chi connectivity index (χ2n) is 5.06. The zero-order valence-corrected chi connectivity index (χ0v) is 12.9. The first-order valence-electron chi connectivity index (χ1n) is 6.94. The maximum Gasteiger partial charge on any atom is 0.314 e. The summed E-state index contributed by atoms with van der Waals surface area (Å²) in [6.07, 6.45) is 2.07. The van der Waals surface area contributed by atoms with Crippen LogP contribution in [0.15, 0.2) is 28.7 Å². The Morgan fingerprint density at radius 3 is 3.00 bits per heavy atom. The van der Waals surface area contributed by atoms with E-state index >= 15 is 0 Å². The SMILES string of the molecule is CCOC(=O)[C@@H]1CCC[NH+](Cc2ccccc2Br)C1. The third-order valence-corrected chi connectivity index (χ3v) is 4.41. The Kier molecular flexibility index (Phi) is 5.40. The van der Waals surface area contributed by atoms with Crippen molar-refractivity contribution in [2.75, 3.05) is 19.7 Å². The molecule has 1 heterocycles. The molecule has 0 spiro atoms. The van der Waals surface area contributed by atoms with E-state index in [1.165, 1.54) is 10.5 Å². The van der Waals surface area contributed by atoms with Crippen molar-refractivity contribution in [2.45, 2.75) is 26.3 Å². The van der Waals surface area contributed by atoms with Crippen molar-refractivity contribution < 1.29 is 14.4 Å². The van der Waals surface area contributed by atoms with Crippen LogP contribution in [0, 0.1) is 5.92 Å². The molecular formula is C15H21BrNO2+. The molecule has 1 N–H and O–H groups in total. The number of halogens is 1. The van der Waals surface area contributed by atoms with Crippen molar-refractivity contribution in [3.05, 3.63) is 34.3 Å². The Morgan fingerprint density at radius 1 is 1.47 bits per heavy atom. The molecule has 0 aromatic heterocycles. The first kappa shape index (κ1) is 14.5. The maximum absolute atomic E-state index is 11.8. The number of esters is 1. The van der Waals surface area contributed by atoms with Crippen LogP contribution in [-0.2, 0) is 16.1 Å². The standard InChI is InChI=1S/C15H20BrNO2/c1-2-19-15(18)13-7-5-9-17(11-13)10-12-6-3-4-8-14(12)16/h3-4,6,8,13H,2,5,7,9-11H2,1H3/p+1/t13-/m1/s1. The van der Waals surface area contributed by atoms with Gasteiger partial charge in [0.2, 0.25) is 0 Å². The summed E-state index contributed by atoms with van der Waals surface area (Å²) in [7, 11) is 0. The number of carbonyl (C=O) groups excluding carboxylic acids is 1. The van der Waals surface area contributed by atoms with Crippen molar-refractivity contribution in [3.63, 3.8) is 0 Å². The number of carbonyl (C=O) groups is 1. The van der Waals surface area contributed by atoms with Gasteiger partial charge in [0.1, 0.15) is 12.5 Å². The molecule has 19 heavy (non-hydrogen) atoms. The van der Waals surface area contributed by atoms with E-state index in [0.29, 0.717) is 6.61 Å². The fourth-order valence-corrected chi connectivity index (χ4v) is 3.11. The summed E-state index contributed by atoms with van der Waals surface area (Å²) in [5.41, 5.74) is 1.31. The molecule has 104 valence electrons. The predicted molar refractivity (Wildman–Crippen MR) is 77.9 cm³/mol. The van der Waals surface area contributed by atoms with E-state index < -0.39 is 0 Å². The van der Waals surface area contributed by atoms with Gasteiger partial charge < -0.3 is 9.64 Å². The summed E-state index contributed by atoms with van der Waals surface area (Å²) < 4.78 is 6.30. The fourth-order valence-electron chi connectivity index (χ4n) is 2.68. The minimum atomic E-state index is -0.0215. The molecule has 2 rings (SSSR count). The van der Waals surface area contributed by atoms with Crippen molar-refractivity contribution in [1.82, 2.24) is 0 Å². The van der Waals surface area contributed by atoms with Crippen molar-refractivity contribution >= 4 is 21.9 Å². The number of hydrogen-bond donors (Lipinski definition) is 1. The van der Waals surface area contributed by atoms with Crippen LogP contribution in [0.1, 0.15) is 25.3 Å². The average Bonchev–Trinajstić information content (AvgIpc) is 2.42. The summed E-state index contributed by atoms with van der Waals surface area (Å²) in [5.74, 6) is 0.0537. The average molecular weight is 327 g/mol. The van der Waals surface area contributed by atoms with Crippen LogP contribution in [0.4, 0.5) is 0 Å². The van der Waals surface area contributed by atoms with Crippen LogP contribution in [0.25, 0.3) is 0 Å². The molecule has 1 aromatic rings. The Hall–Kier alpha value is -0.870. The number of quaternary nitrogens is 1. The minimum absolute atomic E-state index is 0.0215. The molecular weight excluding hydrogens is 306 g/mol. The third kappa shape index (κ3) is 4.05. The van der Waals surface area contributed by atoms with Crippen molar-refractivity contribution in [3.8, 4) is 0 Å². The number of ether oxygens (including phenoxy) is 1. The Bertz CT molecular complexity index is 436. The number of nitrogens with one attached hydrogen (secondary N) is 1. The largest absolute Gasteiger partial charge is 0.466 e. The number of likely N-dealkylation sites (tertiary alicyclic amines) is 1. The molecule has 1 fully saturated rings. The minimum Gasteiger partial charge on any atom is -0.466 e. The second-order valence-corrected chi connectivity index (χ2v) is 5.92. The van der Waals surface area contributed by atoms with E-state index in [1.807, 2.05) is 13.0 Å². The number of piperidine rings is 1. The van der Waals surface area contributed by atoms with E-state index in [2.05, 4.69) is 34.1 Å². The quantitative estimate of drug-likeness (QED) is 0.855. The Balaban J connectivity index is 1.94. The van der Waals surface area contributed by atoms with E-state index in [-0.39, 0.29) is 11.9 Å². The van der Waals surface area contributed by atoms with Gasteiger partial charge in [-0.2, -0.15) is 0 Å². The molecule has 1 saturated heterocycles. The van der Waals surface area contributed by atoms with E-state index in [9.17, 15) is 4.79 Å². The highest BCUT2D eigenvalue weighted by Crippen LogP contribution is 2.15. The van der Waals surface area contributed by atoms with Crippen LogP contribution in [0.2, 0.25) is 0 Å². The molecule has 1 aliphatic rings. The fraction of sp³-hybridized carbons (Fsp3) is 0.533. The molecule has 4 heteroatoms. The van der Waals surface area contributed by atoms with Crippen LogP contribution in [-0.4, -0.2) is 25.7 Å². The molecule has 1 aliphatic heterocycles. The molecule has 1 unspecified atom stereocenters. The summed E-state index contributed by atoms with van der Waals surface area (Å²) in [5, 5.41) is 0. The molecule has 0 bridgehead atoms. The molecule has 1 aromatic carbocycles. The van der Waals surface area contributed by atoms with Crippen LogP contribution >= 0.6 is 15.9 Å². The van der Waals surface area contributed by atoms with Gasteiger partial charge in [-0.1, -0.05) is 34.1 Å². The molecule has 0 amide bonds. The summed E-state index contributed by atoms with van der Waals surface area (Å²) in [6, 6.07) is 8.31. The molecule has 0 radical (unpaired) electrons. The van der Waals surface area contributed by atoms with Gasteiger partial charge in [0, 0.05) is 10.0 Å². The molecule has 3 nitrogen and oxygen atoms in total. The van der Waals surface area contributed by atoms with Gasteiger partial charge in [0.05, 0.1) is 19.7 Å². The van der Waals surface area contributed by atoms with Crippen LogP contribution in [0.5, 0.6) is 0 Å². The second kappa shape index (κ2) is 7.06. The Morgan fingerprint density at radius 2 is 2.26 bits per heavy atom.